The Morgan fingerprint density at radius 3 is 2.43 bits per heavy atom. The molecule has 1 aromatic carbocycles. The molecule has 0 unspecified atom stereocenters. The summed E-state index contributed by atoms with van der Waals surface area (Å²) in [5.74, 6) is -2.88. The van der Waals surface area contributed by atoms with Gasteiger partial charge >= 0.3 is 0 Å². The van der Waals surface area contributed by atoms with Gasteiger partial charge in [-0.05, 0) is 35.3 Å². The van der Waals surface area contributed by atoms with E-state index in [4.69, 9.17) is 0 Å². The van der Waals surface area contributed by atoms with Gasteiger partial charge in [0.15, 0.2) is 11.6 Å². The summed E-state index contributed by atoms with van der Waals surface area (Å²) in [5, 5.41) is 13.3. The minimum absolute atomic E-state index is 0. The van der Waals surface area contributed by atoms with Crippen LogP contribution in [0.1, 0.15) is 24.9 Å². The Kier molecular flexibility index (Phi) is 9.62. The Morgan fingerprint density at radius 1 is 1.35 bits per heavy atom. The van der Waals surface area contributed by atoms with Crippen LogP contribution in [0, 0.1) is 11.6 Å². The molecule has 3 nitrogen and oxygen atoms in total. The maximum atomic E-state index is 13.8. The van der Waals surface area contributed by atoms with Crippen LogP contribution >= 0.6 is 40.7 Å². The zero-order valence-electron chi connectivity index (χ0n) is 12.7. The SMILES string of the molecule is C=C(C)C[C@@H](c1cc(Br)c(F)c(F)c1O)N1CCNCC1.Cl.Cl. The van der Waals surface area contributed by atoms with Crippen LogP contribution in [0.15, 0.2) is 22.7 Å². The lowest BCUT2D eigenvalue weighted by atomic mass is 9.96. The summed E-state index contributed by atoms with van der Waals surface area (Å²) < 4.78 is 27.3. The lowest BCUT2D eigenvalue weighted by Crippen LogP contribution is -2.45. The van der Waals surface area contributed by atoms with Crippen molar-refractivity contribution >= 4 is 40.7 Å². The van der Waals surface area contributed by atoms with Crippen LogP contribution in [0.3, 0.4) is 0 Å². The Labute approximate surface area is 156 Å². The highest BCUT2D eigenvalue weighted by Gasteiger charge is 2.28. The molecule has 1 atom stereocenters. The maximum absolute atomic E-state index is 13.8. The van der Waals surface area contributed by atoms with Gasteiger partial charge in [0.05, 0.1) is 4.47 Å². The first-order chi connectivity index (χ1) is 9.91. The summed E-state index contributed by atoms with van der Waals surface area (Å²) >= 11 is 3.01. The molecule has 0 aromatic heterocycles. The fraction of sp³-hybridized carbons (Fsp3) is 0.467. The molecule has 0 radical (unpaired) electrons. The van der Waals surface area contributed by atoms with Gasteiger partial charge in [-0.15, -0.1) is 31.4 Å². The summed E-state index contributed by atoms with van der Waals surface area (Å²) in [4.78, 5) is 2.16. The van der Waals surface area contributed by atoms with E-state index in [2.05, 4.69) is 32.7 Å². The third kappa shape index (κ3) is 5.29. The van der Waals surface area contributed by atoms with Crippen LogP contribution in [0.25, 0.3) is 0 Å². The summed E-state index contributed by atoms with van der Waals surface area (Å²) in [6.45, 7) is 9.03. The second-order valence-electron chi connectivity index (χ2n) is 5.39. The highest BCUT2D eigenvalue weighted by Crippen LogP contribution is 2.38. The van der Waals surface area contributed by atoms with E-state index in [9.17, 15) is 13.9 Å². The first-order valence-electron chi connectivity index (χ1n) is 6.87. The third-order valence-corrected chi connectivity index (χ3v) is 4.24. The Bertz CT molecular complexity index is 555. The number of hydrogen-bond donors (Lipinski definition) is 2. The Balaban J connectivity index is 0.00000242. The lowest BCUT2D eigenvalue weighted by Gasteiger charge is -2.35. The normalized spacial score (nSPS) is 16.2. The predicted octanol–water partition coefficient (Wildman–Crippen LogP) is 4.19. The average molecular weight is 434 g/mol. The zero-order chi connectivity index (χ0) is 15.6. The standard InChI is InChI=1S/C15H19BrF2N2O.2ClH/c1-9(2)7-12(20-5-3-19-4-6-20)10-8-11(16)13(17)14(18)15(10)21;;/h8,12,19,21H,1,3-7H2,2H3;2*1H/t12-;;/m0../s1. The van der Waals surface area contributed by atoms with Crippen LogP contribution in [-0.2, 0) is 0 Å². The molecule has 0 aliphatic carbocycles. The fourth-order valence-corrected chi connectivity index (χ4v) is 3.04. The molecule has 8 heteroatoms. The maximum Gasteiger partial charge on any atom is 0.201 e. The largest absolute Gasteiger partial charge is 0.505 e. The van der Waals surface area contributed by atoms with Gasteiger partial charge in [-0.2, -0.15) is 4.39 Å². The van der Waals surface area contributed by atoms with Crippen molar-refractivity contribution in [2.75, 3.05) is 26.2 Å². The van der Waals surface area contributed by atoms with Gasteiger partial charge in [0.1, 0.15) is 0 Å². The molecule has 1 aliphatic rings. The molecule has 23 heavy (non-hydrogen) atoms. The van der Waals surface area contributed by atoms with Crippen LogP contribution < -0.4 is 5.32 Å². The minimum atomic E-state index is -1.21. The third-order valence-electron chi connectivity index (χ3n) is 3.66. The molecule has 1 aromatic rings. The van der Waals surface area contributed by atoms with Crippen molar-refractivity contribution in [2.45, 2.75) is 19.4 Å². The topological polar surface area (TPSA) is 35.5 Å². The van der Waals surface area contributed by atoms with Crippen LogP contribution in [-0.4, -0.2) is 36.2 Å². The summed E-state index contributed by atoms with van der Waals surface area (Å²) in [5.41, 5.74) is 1.32. The number of piperazine rings is 1. The fourth-order valence-electron chi connectivity index (χ4n) is 2.62. The zero-order valence-corrected chi connectivity index (χ0v) is 16.0. The van der Waals surface area contributed by atoms with Crippen molar-refractivity contribution in [2.24, 2.45) is 0 Å². The molecular weight excluding hydrogens is 413 g/mol. The summed E-state index contributed by atoms with van der Waals surface area (Å²) in [6, 6.07) is 1.25. The van der Waals surface area contributed by atoms with Crippen molar-refractivity contribution in [1.82, 2.24) is 10.2 Å². The smallest absolute Gasteiger partial charge is 0.201 e. The van der Waals surface area contributed by atoms with Gasteiger partial charge in [-0.25, -0.2) is 4.39 Å². The van der Waals surface area contributed by atoms with E-state index >= 15 is 0 Å². The second kappa shape index (κ2) is 9.79. The molecule has 0 bridgehead atoms. The minimum Gasteiger partial charge on any atom is -0.505 e. The van der Waals surface area contributed by atoms with Crippen molar-refractivity contribution in [3.63, 3.8) is 0 Å². The Hall–Kier alpha value is -0.400. The van der Waals surface area contributed by atoms with Crippen molar-refractivity contribution in [3.05, 3.63) is 39.9 Å². The quantitative estimate of drug-likeness (QED) is 0.552. The van der Waals surface area contributed by atoms with Gasteiger partial charge < -0.3 is 10.4 Å². The van der Waals surface area contributed by atoms with Crippen molar-refractivity contribution in [3.8, 4) is 5.75 Å². The number of hydrogen-bond acceptors (Lipinski definition) is 3. The highest BCUT2D eigenvalue weighted by molar-refractivity contribution is 9.10. The van der Waals surface area contributed by atoms with E-state index in [1.807, 2.05) is 6.92 Å². The molecule has 0 amide bonds. The Morgan fingerprint density at radius 2 is 1.91 bits per heavy atom. The van der Waals surface area contributed by atoms with E-state index < -0.39 is 17.4 Å². The molecule has 1 heterocycles. The number of nitrogens with one attached hydrogen (secondary N) is 1. The molecule has 132 valence electrons. The molecule has 0 saturated carbocycles. The van der Waals surface area contributed by atoms with E-state index in [1.165, 1.54) is 6.07 Å². The van der Waals surface area contributed by atoms with Gasteiger partial charge in [0, 0.05) is 37.8 Å². The number of phenolic OH excluding ortho intramolecular Hbond substituents is 1. The lowest BCUT2D eigenvalue weighted by molar-refractivity contribution is 0.169. The molecule has 0 spiro atoms. The molecule has 1 saturated heterocycles. The second-order valence-corrected chi connectivity index (χ2v) is 6.24. The van der Waals surface area contributed by atoms with Crippen LogP contribution in [0.5, 0.6) is 5.75 Å². The average Bonchev–Trinajstić information content (AvgIpc) is 2.47. The monoisotopic (exact) mass is 432 g/mol. The van der Waals surface area contributed by atoms with Crippen molar-refractivity contribution in [1.29, 1.82) is 0 Å². The number of phenols is 1. The molecule has 1 fully saturated rings. The predicted molar refractivity (Wildman–Crippen MR) is 96.8 cm³/mol. The van der Waals surface area contributed by atoms with E-state index in [1.54, 1.807) is 0 Å². The number of rotatable bonds is 4. The summed E-state index contributed by atoms with van der Waals surface area (Å²) in [7, 11) is 0. The first-order valence-corrected chi connectivity index (χ1v) is 7.66. The van der Waals surface area contributed by atoms with E-state index in [0.29, 0.717) is 12.0 Å². The number of aromatic hydroxyl groups is 1. The summed E-state index contributed by atoms with van der Waals surface area (Å²) in [6.07, 6.45) is 0.588. The number of nitrogens with zero attached hydrogens (tertiary/aromatic N) is 1. The highest BCUT2D eigenvalue weighted by atomic mass is 79.9. The van der Waals surface area contributed by atoms with Crippen LogP contribution in [0.4, 0.5) is 8.78 Å². The van der Waals surface area contributed by atoms with Gasteiger partial charge in [-0.1, -0.05) is 5.57 Å². The molecule has 1 aliphatic heterocycles. The first kappa shape index (κ1) is 22.6. The van der Waals surface area contributed by atoms with Crippen molar-refractivity contribution < 1.29 is 13.9 Å². The number of halogens is 5. The van der Waals surface area contributed by atoms with Gasteiger partial charge in [0.25, 0.3) is 0 Å². The van der Waals surface area contributed by atoms with Crippen LogP contribution in [0.2, 0.25) is 0 Å². The molecule has 2 N–H and O–H groups in total. The van der Waals surface area contributed by atoms with E-state index in [-0.39, 0.29) is 35.3 Å². The number of benzene rings is 1. The molecule has 2 rings (SSSR count). The van der Waals surface area contributed by atoms with Gasteiger partial charge in [0.2, 0.25) is 5.82 Å². The molecular formula is C15H21BrCl2F2N2O. The van der Waals surface area contributed by atoms with Gasteiger partial charge in [-0.3, -0.25) is 4.90 Å². The van der Waals surface area contributed by atoms with E-state index in [0.717, 1.165) is 31.8 Å².